The van der Waals surface area contributed by atoms with E-state index in [4.69, 9.17) is 18.0 Å². The zero-order valence-electron chi connectivity index (χ0n) is 11.5. The van der Waals surface area contributed by atoms with Crippen LogP contribution in [0.25, 0.3) is 0 Å². The molecule has 1 aliphatic carbocycles. The van der Waals surface area contributed by atoms with Crippen LogP contribution in [0.15, 0.2) is 24.3 Å². The summed E-state index contributed by atoms with van der Waals surface area (Å²) in [5.74, 6) is 0.604. The van der Waals surface area contributed by atoms with Gasteiger partial charge in [-0.1, -0.05) is 49.3 Å². The Morgan fingerprint density at radius 3 is 2.70 bits per heavy atom. The highest BCUT2D eigenvalue weighted by Crippen LogP contribution is 2.33. The summed E-state index contributed by atoms with van der Waals surface area (Å²) >= 11 is 4.95. The Hall–Kier alpha value is -0.980. The van der Waals surface area contributed by atoms with Crippen LogP contribution in [0.1, 0.15) is 37.3 Å². The molecule has 0 aromatic heterocycles. The summed E-state index contributed by atoms with van der Waals surface area (Å²) in [5.41, 5.74) is 6.90. The van der Waals surface area contributed by atoms with Crippen molar-refractivity contribution in [2.45, 2.75) is 38.0 Å². The largest absolute Gasteiger partial charge is 0.389 e. The topological polar surface area (TPSA) is 72.2 Å². The van der Waals surface area contributed by atoms with E-state index in [-0.39, 0.29) is 16.8 Å². The summed E-state index contributed by atoms with van der Waals surface area (Å²) in [6.45, 7) is 1.91. The van der Waals surface area contributed by atoms with Crippen LogP contribution < -0.4 is 10.5 Å². The summed E-state index contributed by atoms with van der Waals surface area (Å²) in [6.07, 6.45) is 3.35. The average molecular weight is 312 g/mol. The van der Waals surface area contributed by atoms with E-state index in [2.05, 4.69) is 4.72 Å². The molecule has 1 atom stereocenters. The molecular weight excluding hydrogens is 292 g/mol. The third kappa shape index (κ3) is 4.54. The SMILES string of the molecule is CC(CC1CC1)NS(=O)(=O)Cc1ccccc1C(N)=S. The monoisotopic (exact) mass is 312 g/mol. The highest BCUT2D eigenvalue weighted by Gasteiger charge is 2.26. The molecule has 0 heterocycles. The maximum Gasteiger partial charge on any atom is 0.216 e. The van der Waals surface area contributed by atoms with Crippen LogP contribution in [0.4, 0.5) is 0 Å². The van der Waals surface area contributed by atoms with E-state index in [0.29, 0.717) is 17.0 Å². The lowest BCUT2D eigenvalue weighted by atomic mass is 10.1. The fourth-order valence-corrected chi connectivity index (χ4v) is 3.99. The molecule has 1 saturated carbocycles. The van der Waals surface area contributed by atoms with E-state index >= 15 is 0 Å². The molecular formula is C14H20N2O2S2. The van der Waals surface area contributed by atoms with Gasteiger partial charge in [0.15, 0.2) is 0 Å². The number of hydrogen-bond acceptors (Lipinski definition) is 3. The first kappa shape index (κ1) is 15.4. The molecule has 0 saturated heterocycles. The summed E-state index contributed by atoms with van der Waals surface area (Å²) in [5, 5.41) is 0. The van der Waals surface area contributed by atoms with Gasteiger partial charge in [0.05, 0.1) is 5.75 Å². The third-order valence-electron chi connectivity index (χ3n) is 3.39. The number of rotatable bonds is 7. The van der Waals surface area contributed by atoms with Gasteiger partial charge >= 0.3 is 0 Å². The van der Waals surface area contributed by atoms with E-state index in [0.717, 1.165) is 6.42 Å². The molecule has 1 fully saturated rings. The summed E-state index contributed by atoms with van der Waals surface area (Å²) in [7, 11) is -3.37. The second-order valence-corrected chi connectivity index (χ2v) is 7.67. The first-order chi connectivity index (χ1) is 9.37. The number of benzene rings is 1. The lowest BCUT2D eigenvalue weighted by Crippen LogP contribution is -2.34. The molecule has 1 unspecified atom stereocenters. The molecule has 20 heavy (non-hydrogen) atoms. The van der Waals surface area contributed by atoms with Gasteiger partial charge in [-0.25, -0.2) is 13.1 Å². The predicted molar refractivity (Wildman–Crippen MR) is 84.9 cm³/mol. The minimum atomic E-state index is -3.37. The van der Waals surface area contributed by atoms with Crippen LogP contribution >= 0.6 is 12.2 Å². The molecule has 2 rings (SSSR count). The second-order valence-electron chi connectivity index (χ2n) is 5.48. The van der Waals surface area contributed by atoms with Gasteiger partial charge in [0, 0.05) is 11.6 Å². The summed E-state index contributed by atoms with van der Waals surface area (Å²) < 4.78 is 27.1. The molecule has 0 radical (unpaired) electrons. The maximum absolute atomic E-state index is 12.2. The van der Waals surface area contributed by atoms with Crippen molar-refractivity contribution < 1.29 is 8.42 Å². The third-order valence-corrected chi connectivity index (χ3v) is 5.07. The molecule has 3 N–H and O–H groups in total. The Bertz CT molecular complexity index is 595. The number of thiocarbonyl (C=S) groups is 1. The highest BCUT2D eigenvalue weighted by atomic mass is 32.2. The van der Waals surface area contributed by atoms with Crippen LogP contribution in [0, 0.1) is 5.92 Å². The molecule has 1 aliphatic rings. The van der Waals surface area contributed by atoms with E-state index < -0.39 is 10.0 Å². The van der Waals surface area contributed by atoms with Crippen LogP contribution in [0.5, 0.6) is 0 Å². The molecule has 110 valence electrons. The van der Waals surface area contributed by atoms with E-state index in [1.807, 2.05) is 6.92 Å². The molecule has 0 spiro atoms. The smallest absolute Gasteiger partial charge is 0.216 e. The maximum atomic E-state index is 12.2. The fraction of sp³-hybridized carbons (Fsp3) is 0.500. The van der Waals surface area contributed by atoms with Crippen molar-refractivity contribution in [2.24, 2.45) is 11.7 Å². The van der Waals surface area contributed by atoms with Crippen molar-refractivity contribution in [3.05, 3.63) is 35.4 Å². The Kier molecular flexibility index (Phi) is 4.78. The van der Waals surface area contributed by atoms with E-state index in [9.17, 15) is 8.42 Å². The molecule has 1 aromatic carbocycles. The normalized spacial score (nSPS) is 16.9. The molecule has 0 amide bonds. The zero-order valence-corrected chi connectivity index (χ0v) is 13.1. The van der Waals surface area contributed by atoms with Gasteiger partial charge < -0.3 is 5.73 Å². The van der Waals surface area contributed by atoms with Gasteiger partial charge in [-0.3, -0.25) is 0 Å². The highest BCUT2D eigenvalue weighted by molar-refractivity contribution is 7.88. The Balaban J connectivity index is 2.05. The van der Waals surface area contributed by atoms with Crippen LogP contribution in [0.2, 0.25) is 0 Å². The van der Waals surface area contributed by atoms with Gasteiger partial charge in [0.1, 0.15) is 4.99 Å². The van der Waals surface area contributed by atoms with E-state index in [1.165, 1.54) is 12.8 Å². The van der Waals surface area contributed by atoms with Crippen molar-refractivity contribution in [1.29, 1.82) is 0 Å². The quantitative estimate of drug-likeness (QED) is 0.755. The van der Waals surface area contributed by atoms with Crippen molar-refractivity contribution in [3.63, 3.8) is 0 Å². The van der Waals surface area contributed by atoms with Crippen LogP contribution in [-0.2, 0) is 15.8 Å². The van der Waals surface area contributed by atoms with Crippen molar-refractivity contribution in [3.8, 4) is 0 Å². The number of nitrogens with one attached hydrogen (secondary N) is 1. The second kappa shape index (κ2) is 6.20. The van der Waals surface area contributed by atoms with Crippen molar-refractivity contribution in [2.75, 3.05) is 0 Å². The molecule has 0 aliphatic heterocycles. The standard InChI is InChI=1S/C14H20N2O2S2/c1-10(8-11-6-7-11)16-20(17,18)9-12-4-2-3-5-13(12)14(15)19/h2-5,10-11,16H,6-9H2,1H3,(H2,15,19). The van der Waals surface area contributed by atoms with Gasteiger partial charge in [-0.15, -0.1) is 0 Å². The minimum absolute atomic E-state index is 0.0236. The van der Waals surface area contributed by atoms with Crippen molar-refractivity contribution >= 4 is 27.2 Å². The number of hydrogen-bond donors (Lipinski definition) is 2. The molecule has 6 heteroatoms. The molecule has 0 bridgehead atoms. The van der Waals surface area contributed by atoms with E-state index in [1.54, 1.807) is 24.3 Å². The van der Waals surface area contributed by atoms with Gasteiger partial charge in [0.25, 0.3) is 0 Å². The van der Waals surface area contributed by atoms with Gasteiger partial charge in [0.2, 0.25) is 10.0 Å². The summed E-state index contributed by atoms with van der Waals surface area (Å²) in [4.78, 5) is 0.224. The Labute approximate surface area is 125 Å². The van der Waals surface area contributed by atoms with Gasteiger partial charge in [-0.2, -0.15) is 0 Å². The van der Waals surface area contributed by atoms with Gasteiger partial charge in [-0.05, 0) is 24.8 Å². The lowest BCUT2D eigenvalue weighted by Gasteiger charge is -2.15. The first-order valence-electron chi connectivity index (χ1n) is 6.75. The fourth-order valence-electron chi connectivity index (χ4n) is 2.34. The lowest BCUT2D eigenvalue weighted by molar-refractivity contribution is 0.529. The van der Waals surface area contributed by atoms with Crippen LogP contribution in [0.3, 0.4) is 0 Å². The summed E-state index contributed by atoms with van der Waals surface area (Å²) in [6, 6.07) is 7.07. The first-order valence-corrected chi connectivity index (χ1v) is 8.81. The number of sulfonamides is 1. The molecule has 1 aromatic rings. The Morgan fingerprint density at radius 2 is 2.10 bits per heavy atom. The predicted octanol–water partition coefficient (Wildman–Crippen LogP) is 1.93. The zero-order chi connectivity index (χ0) is 14.8. The van der Waals surface area contributed by atoms with Crippen LogP contribution in [-0.4, -0.2) is 19.4 Å². The Morgan fingerprint density at radius 1 is 1.45 bits per heavy atom. The number of nitrogens with two attached hydrogens (primary N) is 1. The minimum Gasteiger partial charge on any atom is -0.389 e. The average Bonchev–Trinajstić information content (AvgIpc) is 3.11. The van der Waals surface area contributed by atoms with Crippen molar-refractivity contribution in [1.82, 2.24) is 4.72 Å². The molecule has 4 nitrogen and oxygen atoms in total.